The fourth-order valence-corrected chi connectivity index (χ4v) is 1.88. The molecule has 0 aliphatic carbocycles. The van der Waals surface area contributed by atoms with E-state index in [0.29, 0.717) is 11.3 Å². The monoisotopic (exact) mass is 269 g/mol. The fourth-order valence-electron chi connectivity index (χ4n) is 1.88. The smallest absolute Gasteiger partial charge is 0.183 e. The standard InChI is InChI=1S/C15H9F2N3/c1-20(12-5-3-2-4-10(12)8-18)13-7-6-11(9-19)14(16)15(13)17/h2-7H,1H3. The van der Waals surface area contributed by atoms with Crippen molar-refractivity contribution in [1.29, 1.82) is 10.5 Å². The van der Waals surface area contributed by atoms with Crippen LogP contribution in [0.15, 0.2) is 36.4 Å². The zero-order valence-electron chi connectivity index (χ0n) is 10.6. The number of hydrogen-bond acceptors (Lipinski definition) is 3. The summed E-state index contributed by atoms with van der Waals surface area (Å²) >= 11 is 0. The Morgan fingerprint density at radius 1 is 0.850 bits per heavy atom. The third-order valence-corrected chi connectivity index (χ3v) is 2.93. The molecule has 0 heterocycles. The lowest BCUT2D eigenvalue weighted by Gasteiger charge is -2.21. The maximum Gasteiger partial charge on any atom is 0.183 e. The fraction of sp³-hybridized carbons (Fsp3) is 0.0667. The zero-order chi connectivity index (χ0) is 14.7. The van der Waals surface area contributed by atoms with Crippen LogP contribution < -0.4 is 4.90 Å². The van der Waals surface area contributed by atoms with Gasteiger partial charge in [-0.05, 0) is 24.3 Å². The molecule has 0 saturated carbocycles. The van der Waals surface area contributed by atoms with Gasteiger partial charge in [-0.1, -0.05) is 12.1 Å². The average Bonchev–Trinajstić information content (AvgIpc) is 2.49. The highest BCUT2D eigenvalue weighted by atomic mass is 19.2. The Labute approximate surface area is 114 Å². The van der Waals surface area contributed by atoms with Crippen molar-refractivity contribution in [3.63, 3.8) is 0 Å². The predicted molar refractivity (Wildman–Crippen MR) is 70.3 cm³/mol. The summed E-state index contributed by atoms with van der Waals surface area (Å²) in [5.74, 6) is -2.30. The van der Waals surface area contributed by atoms with E-state index in [1.54, 1.807) is 30.3 Å². The van der Waals surface area contributed by atoms with Gasteiger partial charge in [0, 0.05) is 7.05 Å². The number of halogens is 2. The Morgan fingerprint density at radius 3 is 2.15 bits per heavy atom. The summed E-state index contributed by atoms with van der Waals surface area (Å²) in [6.07, 6.45) is 0. The van der Waals surface area contributed by atoms with Crippen LogP contribution in [0.5, 0.6) is 0 Å². The minimum atomic E-state index is -1.19. The van der Waals surface area contributed by atoms with Crippen LogP contribution in [0.2, 0.25) is 0 Å². The molecule has 0 N–H and O–H groups in total. The van der Waals surface area contributed by atoms with Gasteiger partial charge in [0.1, 0.15) is 12.1 Å². The average molecular weight is 269 g/mol. The summed E-state index contributed by atoms with van der Waals surface area (Å²) in [5.41, 5.74) is 0.412. The molecule has 0 aliphatic rings. The molecular weight excluding hydrogens is 260 g/mol. The predicted octanol–water partition coefficient (Wildman–Crippen LogP) is 3.48. The van der Waals surface area contributed by atoms with Gasteiger partial charge < -0.3 is 4.90 Å². The molecule has 98 valence electrons. The first-order chi connectivity index (χ1) is 9.60. The lowest BCUT2D eigenvalue weighted by molar-refractivity contribution is 0.507. The molecular formula is C15H9F2N3. The van der Waals surface area contributed by atoms with E-state index in [9.17, 15) is 8.78 Å². The number of nitriles is 2. The molecule has 5 heteroatoms. The van der Waals surface area contributed by atoms with Gasteiger partial charge in [-0.3, -0.25) is 0 Å². The molecule has 0 bridgehead atoms. The van der Waals surface area contributed by atoms with Crippen molar-refractivity contribution in [2.24, 2.45) is 0 Å². The van der Waals surface area contributed by atoms with Crippen LogP contribution in [-0.2, 0) is 0 Å². The normalized spacial score (nSPS) is 9.65. The summed E-state index contributed by atoms with van der Waals surface area (Å²) in [6, 6.07) is 12.7. The van der Waals surface area contributed by atoms with Gasteiger partial charge >= 0.3 is 0 Å². The molecule has 20 heavy (non-hydrogen) atoms. The number of para-hydroxylation sites is 1. The van der Waals surface area contributed by atoms with Crippen molar-refractivity contribution in [2.75, 3.05) is 11.9 Å². The van der Waals surface area contributed by atoms with Gasteiger partial charge in [-0.15, -0.1) is 0 Å². The molecule has 0 aromatic heterocycles. The van der Waals surface area contributed by atoms with Crippen LogP contribution in [0.3, 0.4) is 0 Å². The van der Waals surface area contributed by atoms with Crippen LogP contribution in [0, 0.1) is 34.3 Å². The minimum Gasteiger partial charge on any atom is -0.341 e. The van der Waals surface area contributed by atoms with Crippen molar-refractivity contribution in [3.8, 4) is 12.1 Å². The van der Waals surface area contributed by atoms with Crippen LogP contribution in [-0.4, -0.2) is 7.05 Å². The molecule has 2 rings (SSSR count). The number of benzene rings is 2. The summed E-state index contributed by atoms with van der Waals surface area (Å²) in [6.45, 7) is 0. The lowest BCUT2D eigenvalue weighted by Crippen LogP contribution is -2.13. The van der Waals surface area contributed by atoms with E-state index in [0.717, 1.165) is 0 Å². The van der Waals surface area contributed by atoms with E-state index in [-0.39, 0.29) is 11.3 Å². The number of rotatable bonds is 2. The van der Waals surface area contributed by atoms with E-state index < -0.39 is 11.6 Å². The van der Waals surface area contributed by atoms with Gasteiger partial charge in [-0.2, -0.15) is 10.5 Å². The second-order valence-corrected chi connectivity index (χ2v) is 4.06. The van der Waals surface area contributed by atoms with Gasteiger partial charge in [0.15, 0.2) is 11.6 Å². The second-order valence-electron chi connectivity index (χ2n) is 4.06. The molecule has 2 aromatic rings. The van der Waals surface area contributed by atoms with Crippen molar-refractivity contribution in [3.05, 3.63) is 59.2 Å². The van der Waals surface area contributed by atoms with Gasteiger partial charge in [-0.25, -0.2) is 8.78 Å². The zero-order valence-corrected chi connectivity index (χ0v) is 10.6. The number of anilines is 2. The van der Waals surface area contributed by atoms with Crippen LogP contribution >= 0.6 is 0 Å². The minimum absolute atomic E-state index is 0.0378. The van der Waals surface area contributed by atoms with Gasteiger partial charge in [0.2, 0.25) is 0 Å². The van der Waals surface area contributed by atoms with Crippen molar-refractivity contribution >= 4 is 11.4 Å². The third-order valence-electron chi connectivity index (χ3n) is 2.93. The molecule has 0 unspecified atom stereocenters. The Hall–Kier alpha value is -2.92. The molecule has 0 spiro atoms. The van der Waals surface area contributed by atoms with E-state index in [1.165, 1.54) is 24.1 Å². The van der Waals surface area contributed by atoms with Crippen molar-refractivity contribution in [2.45, 2.75) is 0 Å². The number of nitrogens with zero attached hydrogens (tertiary/aromatic N) is 3. The first kappa shape index (κ1) is 13.5. The largest absolute Gasteiger partial charge is 0.341 e. The van der Waals surface area contributed by atoms with E-state index in [4.69, 9.17) is 10.5 Å². The highest BCUT2D eigenvalue weighted by molar-refractivity contribution is 5.69. The van der Waals surface area contributed by atoms with Gasteiger partial charge in [0.05, 0.1) is 22.5 Å². The highest BCUT2D eigenvalue weighted by Crippen LogP contribution is 2.30. The molecule has 3 nitrogen and oxygen atoms in total. The molecule has 0 fully saturated rings. The van der Waals surface area contributed by atoms with Crippen LogP contribution in [0.1, 0.15) is 11.1 Å². The quantitative estimate of drug-likeness (QED) is 0.838. The van der Waals surface area contributed by atoms with E-state index in [1.807, 2.05) is 6.07 Å². The summed E-state index contributed by atoms with van der Waals surface area (Å²) < 4.78 is 27.6. The Balaban J connectivity index is 2.56. The SMILES string of the molecule is CN(c1ccccc1C#N)c1ccc(C#N)c(F)c1F. The molecule has 0 saturated heterocycles. The maximum atomic E-state index is 14.0. The topological polar surface area (TPSA) is 50.8 Å². The summed E-state index contributed by atoms with van der Waals surface area (Å²) in [7, 11) is 1.53. The van der Waals surface area contributed by atoms with Gasteiger partial charge in [0.25, 0.3) is 0 Å². The first-order valence-corrected chi connectivity index (χ1v) is 5.71. The van der Waals surface area contributed by atoms with E-state index >= 15 is 0 Å². The molecule has 0 amide bonds. The van der Waals surface area contributed by atoms with Crippen molar-refractivity contribution in [1.82, 2.24) is 0 Å². The Kier molecular flexibility index (Phi) is 3.63. The van der Waals surface area contributed by atoms with Crippen molar-refractivity contribution < 1.29 is 8.78 Å². The summed E-state index contributed by atoms with van der Waals surface area (Å²) in [5, 5.41) is 17.7. The third kappa shape index (κ3) is 2.17. The first-order valence-electron chi connectivity index (χ1n) is 5.71. The lowest BCUT2D eigenvalue weighted by atomic mass is 10.1. The van der Waals surface area contributed by atoms with Crippen LogP contribution in [0.25, 0.3) is 0 Å². The Bertz CT molecular complexity index is 742. The van der Waals surface area contributed by atoms with Crippen LogP contribution in [0.4, 0.5) is 20.2 Å². The maximum absolute atomic E-state index is 14.0. The second kappa shape index (κ2) is 5.38. The molecule has 0 atom stereocenters. The molecule has 0 aliphatic heterocycles. The number of hydrogen-bond donors (Lipinski definition) is 0. The molecule has 0 radical (unpaired) electrons. The Morgan fingerprint density at radius 2 is 1.50 bits per heavy atom. The summed E-state index contributed by atoms with van der Waals surface area (Å²) in [4.78, 5) is 1.37. The molecule has 2 aromatic carbocycles. The highest BCUT2D eigenvalue weighted by Gasteiger charge is 2.18. The van der Waals surface area contributed by atoms with E-state index in [2.05, 4.69) is 0 Å².